The fraction of sp³-hybridized carbons (Fsp3) is 0.250. The summed E-state index contributed by atoms with van der Waals surface area (Å²) in [5, 5.41) is 2.71. The molecule has 0 N–H and O–H groups in total. The van der Waals surface area contributed by atoms with Crippen molar-refractivity contribution in [2.24, 2.45) is 5.92 Å². The van der Waals surface area contributed by atoms with Gasteiger partial charge in [-0.05, 0) is 47.2 Å². The van der Waals surface area contributed by atoms with Crippen molar-refractivity contribution in [3.05, 3.63) is 53.1 Å². The molecule has 2 aromatic carbocycles. The summed E-state index contributed by atoms with van der Waals surface area (Å²) < 4.78 is 0. The van der Waals surface area contributed by atoms with Gasteiger partial charge in [-0.25, -0.2) is 0 Å². The normalized spacial score (nSPS) is 19.4. The van der Waals surface area contributed by atoms with Crippen molar-refractivity contribution in [2.75, 3.05) is 0 Å². The van der Waals surface area contributed by atoms with Crippen LogP contribution in [0.25, 0.3) is 16.8 Å². The van der Waals surface area contributed by atoms with Crippen molar-refractivity contribution >= 4 is 16.8 Å². The number of fused-ring (bicyclic) bond motifs is 2. The fourth-order valence-electron chi connectivity index (χ4n) is 2.49. The van der Waals surface area contributed by atoms with Gasteiger partial charge in [-0.1, -0.05) is 48.9 Å². The highest BCUT2D eigenvalue weighted by Crippen LogP contribution is 2.31. The van der Waals surface area contributed by atoms with E-state index in [1.165, 1.54) is 33.9 Å². The van der Waals surface area contributed by atoms with Gasteiger partial charge in [0, 0.05) is 0 Å². The molecule has 0 aromatic heterocycles. The lowest BCUT2D eigenvalue weighted by Gasteiger charge is -2.21. The van der Waals surface area contributed by atoms with Crippen LogP contribution in [-0.4, -0.2) is 0 Å². The average molecular weight is 208 g/mol. The van der Waals surface area contributed by atoms with Crippen LogP contribution in [0.5, 0.6) is 0 Å². The van der Waals surface area contributed by atoms with Crippen LogP contribution < -0.4 is 0 Å². The van der Waals surface area contributed by atoms with E-state index in [9.17, 15) is 0 Å². The van der Waals surface area contributed by atoms with E-state index in [4.69, 9.17) is 0 Å². The maximum Gasteiger partial charge on any atom is -0.0178 e. The van der Waals surface area contributed by atoms with Crippen LogP contribution in [0.15, 0.2) is 42.0 Å². The van der Waals surface area contributed by atoms with Crippen LogP contribution in [0.1, 0.15) is 25.0 Å². The monoisotopic (exact) mass is 208 g/mol. The molecule has 0 aliphatic heterocycles. The highest BCUT2D eigenvalue weighted by molar-refractivity contribution is 5.86. The molecule has 0 saturated carbocycles. The summed E-state index contributed by atoms with van der Waals surface area (Å²) >= 11 is 0. The Labute approximate surface area is 96.6 Å². The predicted molar refractivity (Wildman–Crippen MR) is 70.5 cm³/mol. The number of rotatable bonds is 0. The van der Waals surface area contributed by atoms with Crippen LogP contribution in [0, 0.1) is 5.92 Å². The molecule has 0 fully saturated rings. The maximum atomic E-state index is 2.35. The first-order valence-corrected chi connectivity index (χ1v) is 5.94. The lowest BCUT2D eigenvalue weighted by Crippen LogP contribution is -2.07. The first-order valence-electron chi connectivity index (χ1n) is 5.94. The van der Waals surface area contributed by atoms with E-state index in [1.807, 2.05) is 0 Å². The quantitative estimate of drug-likeness (QED) is 0.600. The first-order chi connectivity index (χ1) is 7.74. The summed E-state index contributed by atoms with van der Waals surface area (Å²) in [5.41, 5.74) is 4.41. The Balaban J connectivity index is 2.26. The molecule has 0 bridgehead atoms. The summed E-state index contributed by atoms with van der Waals surface area (Å²) in [6, 6.07) is 13.3. The van der Waals surface area contributed by atoms with Gasteiger partial charge in [0.1, 0.15) is 0 Å². The molecule has 0 spiro atoms. The SMILES string of the molecule is CC1=Cc2cc3ccccc3cc2CC1C. The van der Waals surface area contributed by atoms with Crippen molar-refractivity contribution < 1.29 is 0 Å². The van der Waals surface area contributed by atoms with Crippen LogP contribution in [0.3, 0.4) is 0 Å². The lowest BCUT2D eigenvalue weighted by atomic mass is 9.84. The molecule has 1 aliphatic rings. The molecular formula is C16H16. The van der Waals surface area contributed by atoms with Crippen molar-refractivity contribution in [2.45, 2.75) is 20.3 Å². The largest absolute Gasteiger partial charge is 0.0696 e. The Morgan fingerprint density at radius 2 is 1.75 bits per heavy atom. The summed E-state index contributed by atoms with van der Waals surface area (Å²) in [6.45, 7) is 4.55. The number of hydrogen-bond acceptors (Lipinski definition) is 0. The van der Waals surface area contributed by atoms with Crippen molar-refractivity contribution in [1.82, 2.24) is 0 Å². The van der Waals surface area contributed by atoms with E-state index in [0.29, 0.717) is 5.92 Å². The third kappa shape index (κ3) is 1.46. The standard InChI is InChI=1S/C16H16/c1-11-7-15-9-13-5-3-4-6-14(13)10-16(15)8-12(11)2/h3-7,9-10,12H,8H2,1-2H3. The fourth-order valence-corrected chi connectivity index (χ4v) is 2.49. The van der Waals surface area contributed by atoms with E-state index >= 15 is 0 Å². The van der Waals surface area contributed by atoms with E-state index in [1.54, 1.807) is 0 Å². The van der Waals surface area contributed by atoms with Gasteiger partial charge in [-0.2, -0.15) is 0 Å². The molecule has 3 rings (SSSR count). The van der Waals surface area contributed by atoms with Crippen LogP contribution in [0.4, 0.5) is 0 Å². The summed E-state index contributed by atoms with van der Waals surface area (Å²) in [7, 11) is 0. The second kappa shape index (κ2) is 3.48. The molecule has 1 aliphatic carbocycles. The lowest BCUT2D eigenvalue weighted by molar-refractivity contribution is 0.673. The highest BCUT2D eigenvalue weighted by Gasteiger charge is 2.14. The van der Waals surface area contributed by atoms with Gasteiger partial charge in [0.05, 0.1) is 0 Å². The molecule has 2 aromatic rings. The Hall–Kier alpha value is -1.56. The van der Waals surface area contributed by atoms with Gasteiger partial charge < -0.3 is 0 Å². The number of hydrogen-bond donors (Lipinski definition) is 0. The molecule has 1 unspecified atom stereocenters. The minimum Gasteiger partial charge on any atom is -0.0696 e. The zero-order chi connectivity index (χ0) is 11.1. The third-order valence-electron chi connectivity index (χ3n) is 3.69. The minimum absolute atomic E-state index is 0.689. The van der Waals surface area contributed by atoms with Gasteiger partial charge in [-0.3, -0.25) is 0 Å². The van der Waals surface area contributed by atoms with E-state index in [-0.39, 0.29) is 0 Å². The smallest absolute Gasteiger partial charge is 0.0178 e. The molecule has 0 nitrogen and oxygen atoms in total. The zero-order valence-electron chi connectivity index (χ0n) is 9.83. The second-order valence-corrected chi connectivity index (χ2v) is 4.89. The van der Waals surface area contributed by atoms with Crippen molar-refractivity contribution in [3.8, 4) is 0 Å². The van der Waals surface area contributed by atoms with E-state index < -0.39 is 0 Å². The molecule has 0 radical (unpaired) electrons. The molecule has 0 heterocycles. The molecular weight excluding hydrogens is 192 g/mol. The Morgan fingerprint density at radius 3 is 2.50 bits per heavy atom. The van der Waals surface area contributed by atoms with Crippen LogP contribution in [-0.2, 0) is 6.42 Å². The first kappa shape index (κ1) is 9.65. The molecule has 1 atom stereocenters. The van der Waals surface area contributed by atoms with E-state index in [2.05, 4.69) is 56.3 Å². The van der Waals surface area contributed by atoms with Crippen LogP contribution in [0.2, 0.25) is 0 Å². The van der Waals surface area contributed by atoms with Crippen molar-refractivity contribution in [1.29, 1.82) is 0 Å². The van der Waals surface area contributed by atoms with Gasteiger partial charge in [-0.15, -0.1) is 0 Å². The van der Waals surface area contributed by atoms with Crippen LogP contribution >= 0.6 is 0 Å². The Morgan fingerprint density at radius 1 is 1.06 bits per heavy atom. The number of benzene rings is 2. The van der Waals surface area contributed by atoms with E-state index in [0.717, 1.165) is 0 Å². The molecule has 0 amide bonds. The third-order valence-corrected chi connectivity index (χ3v) is 3.69. The minimum atomic E-state index is 0.689. The zero-order valence-corrected chi connectivity index (χ0v) is 9.83. The molecule has 16 heavy (non-hydrogen) atoms. The Bertz CT molecular complexity index is 576. The maximum absolute atomic E-state index is 2.35. The summed E-state index contributed by atoms with van der Waals surface area (Å²) in [4.78, 5) is 0. The van der Waals surface area contributed by atoms with Gasteiger partial charge in [0.15, 0.2) is 0 Å². The molecule has 0 heteroatoms. The van der Waals surface area contributed by atoms with Gasteiger partial charge in [0.2, 0.25) is 0 Å². The van der Waals surface area contributed by atoms with Gasteiger partial charge in [0.25, 0.3) is 0 Å². The average Bonchev–Trinajstić information content (AvgIpc) is 2.28. The van der Waals surface area contributed by atoms with Crippen molar-refractivity contribution in [3.63, 3.8) is 0 Å². The predicted octanol–water partition coefficient (Wildman–Crippen LogP) is 4.44. The second-order valence-electron chi connectivity index (χ2n) is 4.89. The summed E-state index contributed by atoms with van der Waals surface area (Å²) in [5.74, 6) is 0.689. The highest BCUT2D eigenvalue weighted by atomic mass is 14.2. The molecule has 0 saturated heterocycles. The Kier molecular flexibility index (Phi) is 2.10. The topological polar surface area (TPSA) is 0 Å². The molecule has 80 valence electrons. The summed E-state index contributed by atoms with van der Waals surface area (Å²) in [6.07, 6.45) is 3.53. The van der Waals surface area contributed by atoms with Gasteiger partial charge >= 0.3 is 0 Å². The number of allylic oxidation sites excluding steroid dienone is 1.